The molecular formula is C10H21N. The van der Waals surface area contributed by atoms with E-state index in [0.29, 0.717) is 0 Å². The van der Waals surface area contributed by atoms with Crippen LogP contribution in [0.15, 0.2) is 0 Å². The fourth-order valence-electron chi connectivity index (χ4n) is 1.81. The molecule has 1 saturated carbocycles. The summed E-state index contributed by atoms with van der Waals surface area (Å²) in [5, 5.41) is 3.40. The van der Waals surface area contributed by atoms with Gasteiger partial charge in [-0.25, -0.2) is 0 Å². The van der Waals surface area contributed by atoms with Gasteiger partial charge in [0, 0.05) is 6.04 Å². The maximum Gasteiger partial charge on any atom is 0.00896 e. The van der Waals surface area contributed by atoms with Crippen LogP contribution in [0.25, 0.3) is 0 Å². The van der Waals surface area contributed by atoms with Gasteiger partial charge >= 0.3 is 0 Å². The van der Waals surface area contributed by atoms with E-state index in [9.17, 15) is 0 Å². The topological polar surface area (TPSA) is 12.0 Å². The molecule has 1 unspecified atom stereocenters. The molecule has 1 N–H and O–H groups in total. The highest BCUT2D eigenvalue weighted by atomic mass is 14.9. The van der Waals surface area contributed by atoms with E-state index < -0.39 is 0 Å². The molecule has 1 nitrogen and oxygen atoms in total. The normalized spacial score (nSPS) is 21.8. The molecular weight excluding hydrogens is 134 g/mol. The summed E-state index contributed by atoms with van der Waals surface area (Å²) in [5.41, 5.74) is 0. The van der Waals surface area contributed by atoms with E-state index in [1.807, 2.05) is 0 Å². The summed E-state index contributed by atoms with van der Waals surface area (Å²) in [5.74, 6) is 1.83. The van der Waals surface area contributed by atoms with E-state index in [0.717, 1.165) is 17.9 Å². The molecule has 0 bridgehead atoms. The van der Waals surface area contributed by atoms with Gasteiger partial charge in [0.05, 0.1) is 0 Å². The first-order valence-corrected chi connectivity index (χ1v) is 4.91. The predicted molar refractivity (Wildman–Crippen MR) is 49.6 cm³/mol. The van der Waals surface area contributed by atoms with E-state index in [2.05, 4.69) is 26.2 Å². The highest BCUT2D eigenvalue weighted by molar-refractivity contribution is 4.78. The van der Waals surface area contributed by atoms with Crippen molar-refractivity contribution in [3.8, 4) is 0 Å². The molecule has 1 heteroatoms. The second kappa shape index (κ2) is 4.10. The smallest absolute Gasteiger partial charge is 0.00896 e. The van der Waals surface area contributed by atoms with Gasteiger partial charge in [-0.3, -0.25) is 0 Å². The molecule has 0 saturated heterocycles. The van der Waals surface area contributed by atoms with Crippen LogP contribution >= 0.6 is 0 Å². The van der Waals surface area contributed by atoms with Crippen molar-refractivity contribution in [2.45, 2.75) is 45.6 Å². The largest absolute Gasteiger partial charge is 0.317 e. The fourth-order valence-corrected chi connectivity index (χ4v) is 1.81. The molecule has 1 aliphatic rings. The summed E-state index contributed by atoms with van der Waals surface area (Å²) in [6.45, 7) is 4.61. The SMILES string of the molecule is CNC(CC1CCC1)C(C)C. The molecule has 0 amide bonds. The Morgan fingerprint density at radius 1 is 1.36 bits per heavy atom. The van der Waals surface area contributed by atoms with Crippen LogP contribution in [0.1, 0.15) is 39.5 Å². The second-order valence-corrected chi connectivity index (χ2v) is 4.17. The number of nitrogens with one attached hydrogen (secondary N) is 1. The van der Waals surface area contributed by atoms with Gasteiger partial charge in [0.25, 0.3) is 0 Å². The van der Waals surface area contributed by atoms with Crippen molar-refractivity contribution in [1.82, 2.24) is 5.32 Å². The lowest BCUT2D eigenvalue weighted by molar-refractivity contribution is 0.240. The summed E-state index contributed by atoms with van der Waals surface area (Å²) < 4.78 is 0. The van der Waals surface area contributed by atoms with E-state index >= 15 is 0 Å². The second-order valence-electron chi connectivity index (χ2n) is 4.17. The Bertz CT molecular complexity index is 105. The molecule has 0 aromatic carbocycles. The van der Waals surface area contributed by atoms with Gasteiger partial charge in [-0.1, -0.05) is 33.1 Å². The van der Waals surface area contributed by atoms with E-state index in [1.54, 1.807) is 0 Å². The number of hydrogen-bond acceptors (Lipinski definition) is 1. The minimum Gasteiger partial charge on any atom is -0.317 e. The minimum absolute atomic E-state index is 0.750. The van der Waals surface area contributed by atoms with Crippen LogP contribution in [-0.2, 0) is 0 Å². The Morgan fingerprint density at radius 3 is 2.27 bits per heavy atom. The zero-order valence-corrected chi connectivity index (χ0v) is 8.06. The van der Waals surface area contributed by atoms with Crippen LogP contribution < -0.4 is 5.32 Å². The summed E-state index contributed by atoms with van der Waals surface area (Å²) in [6.07, 6.45) is 5.82. The molecule has 0 aromatic rings. The zero-order valence-electron chi connectivity index (χ0n) is 8.06. The van der Waals surface area contributed by atoms with Crippen molar-refractivity contribution in [1.29, 1.82) is 0 Å². The molecule has 0 radical (unpaired) electrons. The monoisotopic (exact) mass is 155 g/mol. The summed E-state index contributed by atoms with van der Waals surface area (Å²) in [7, 11) is 2.09. The van der Waals surface area contributed by atoms with Gasteiger partial charge in [0.1, 0.15) is 0 Å². The van der Waals surface area contributed by atoms with E-state index in [-0.39, 0.29) is 0 Å². The minimum atomic E-state index is 0.750. The van der Waals surface area contributed by atoms with Crippen molar-refractivity contribution >= 4 is 0 Å². The maximum absolute atomic E-state index is 3.40. The average Bonchev–Trinajstić information content (AvgIpc) is 1.85. The van der Waals surface area contributed by atoms with Crippen LogP contribution in [0.2, 0.25) is 0 Å². The van der Waals surface area contributed by atoms with E-state index in [4.69, 9.17) is 0 Å². The van der Waals surface area contributed by atoms with E-state index in [1.165, 1.54) is 25.7 Å². The average molecular weight is 155 g/mol. The summed E-state index contributed by atoms with van der Waals surface area (Å²) >= 11 is 0. The fraction of sp³-hybridized carbons (Fsp3) is 1.00. The van der Waals surface area contributed by atoms with Crippen LogP contribution in [0.3, 0.4) is 0 Å². The molecule has 0 spiro atoms. The molecule has 1 rings (SSSR count). The highest BCUT2D eigenvalue weighted by Crippen LogP contribution is 2.31. The number of rotatable bonds is 4. The molecule has 1 atom stereocenters. The van der Waals surface area contributed by atoms with Gasteiger partial charge in [-0.05, 0) is 25.3 Å². The Kier molecular flexibility index (Phi) is 3.38. The van der Waals surface area contributed by atoms with Crippen LogP contribution in [0, 0.1) is 11.8 Å². The molecule has 0 heterocycles. The Hall–Kier alpha value is -0.0400. The quantitative estimate of drug-likeness (QED) is 0.657. The van der Waals surface area contributed by atoms with Crippen LogP contribution in [0.4, 0.5) is 0 Å². The predicted octanol–water partition coefficient (Wildman–Crippen LogP) is 2.42. The summed E-state index contributed by atoms with van der Waals surface area (Å²) in [6, 6.07) is 0.750. The molecule has 1 aliphatic carbocycles. The highest BCUT2D eigenvalue weighted by Gasteiger charge is 2.22. The van der Waals surface area contributed by atoms with Gasteiger partial charge in [-0.2, -0.15) is 0 Å². The first-order valence-electron chi connectivity index (χ1n) is 4.91. The van der Waals surface area contributed by atoms with Crippen molar-refractivity contribution in [3.63, 3.8) is 0 Å². The molecule has 11 heavy (non-hydrogen) atoms. The lowest BCUT2D eigenvalue weighted by Gasteiger charge is -2.31. The lowest BCUT2D eigenvalue weighted by atomic mass is 9.79. The molecule has 0 aliphatic heterocycles. The third-order valence-corrected chi connectivity index (χ3v) is 2.99. The lowest BCUT2D eigenvalue weighted by Crippen LogP contribution is -2.34. The molecule has 1 fully saturated rings. The van der Waals surface area contributed by atoms with Crippen LogP contribution in [-0.4, -0.2) is 13.1 Å². The third kappa shape index (κ3) is 2.48. The van der Waals surface area contributed by atoms with Gasteiger partial charge in [0.2, 0.25) is 0 Å². The Balaban J connectivity index is 2.19. The van der Waals surface area contributed by atoms with Crippen molar-refractivity contribution in [2.75, 3.05) is 7.05 Å². The first kappa shape index (κ1) is 9.05. The van der Waals surface area contributed by atoms with Gasteiger partial charge < -0.3 is 5.32 Å². The zero-order chi connectivity index (χ0) is 8.27. The number of hydrogen-bond donors (Lipinski definition) is 1. The Labute approximate surface area is 70.6 Å². The first-order chi connectivity index (χ1) is 5.24. The molecule has 0 aromatic heterocycles. The van der Waals surface area contributed by atoms with Crippen molar-refractivity contribution in [3.05, 3.63) is 0 Å². The van der Waals surface area contributed by atoms with Gasteiger partial charge in [0.15, 0.2) is 0 Å². The van der Waals surface area contributed by atoms with Crippen molar-refractivity contribution < 1.29 is 0 Å². The Morgan fingerprint density at radius 2 is 2.00 bits per heavy atom. The summed E-state index contributed by atoms with van der Waals surface area (Å²) in [4.78, 5) is 0. The van der Waals surface area contributed by atoms with Gasteiger partial charge in [-0.15, -0.1) is 0 Å². The van der Waals surface area contributed by atoms with Crippen molar-refractivity contribution in [2.24, 2.45) is 11.8 Å². The molecule has 66 valence electrons. The maximum atomic E-state index is 3.40. The van der Waals surface area contributed by atoms with Crippen LogP contribution in [0.5, 0.6) is 0 Å². The third-order valence-electron chi connectivity index (χ3n) is 2.99. The standard InChI is InChI=1S/C10H21N/c1-8(2)10(11-3)7-9-5-4-6-9/h8-11H,4-7H2,1-3H3.